The van der Waals surface area contributed by atoms with Gasteiger partial charge in [0.25, 0.3) is 0 Å². The van der Waals surface area contributed by atoms with Crippen LogP contribution in [-0.2, 0) is 9.53 Å². The zero-order valence-corrected chi connectivity index (χ0v) is 13.2. The van der Waals surface area contributed by atoms with Crippen molar-refractivity contribution in [2.75, 3.05) is 13.2 Å². The molecule has 1 amide bonds. The third kappa shape index (κ3) is 5.41. The Morgan fingerprint density at radius 3 is 2.70 bits per heavy atom. The highest BCUT2D eigenvalue weighted by Crippen LogP contribution is 2.30. The fraction of sp³-hybridized carbons (Fsp3) is 0.938. The lowest BCUT2D eigenvalue weighted by molar-refractivity contribution is -0.128. The predicted molar refractivity (Wildman–Crippen MR) is 82.6 cm³/mol. The van der Waals surface area contributed by atoms with Gasteiger partial charge in [0.1, 0.15) is 5.54 Å². The number of unbranched alkanes of at least 4 members (excludes halogenated alkanes) is 4. The summed E-state index contributed by atoms with van der Waals surface area (Å²) in [5.41, 5.74) is 5.06. The van der Waals surface area contributed by atoms with Gasteiger partial charge < -0.3 is 15.8 Å². The summed E-state index contributed by atoms with van der Waals surface area (Å²) in [6.07, 6.45) is 10.1. The first kappa shape index (κ1) is 17.4. The van der Waals surface area contributed by atoms with Gasteiger partial charge in [-0.3, -0.25) is 4.79 Å². The van der Waals surface area contributed by atoms with Crippen LogP contribution in [-0.4, -0.2) is 30.7 Å². The van der Waals surface area contributed by atoms with Crippen molar-refractivity contribution in [1.29, 1.82) is 0 Å². The quantitative estimate of drug-likeness (QED) is 0.606. The summed E-state index contributed by atoms with van der Waals surface area (Å²) in [5.74, 6) is -0.226. The van der Waals surface area contributed by atoms with E-state index in [1.54, 1.807) is 0 Å². The number of nitrogens with two attached hydrogens (primary N) is 1. The van der Waals surface area contributed by atoms with E-state index in [0.717, 1.165) is 45.3 Å². The maximum Gasteiger partial charge on any atom is 0.237 e. The number of carbonyl (C=O) groups excluding carboxylic acids is 1. The van der Waals surface area contributed by atoms with Gasteiger partial charge in [-0.05, 0) is 32.2 Å². The Bertz CT molecular complexity index is 280. The summed E-state index contributed by atoms with van der Waals surface area (Å²) in [7, 11) is 0. The van der Waals surface area contributed by atoms with E-state index >= 15 is 0 Å². The lowest BCUT2D eigenvalue weighted by Gasteiger charge is -2.39. The summed E-state index contributed by atoms with van der Waals surface area (Å²) in [6, 6.07) is 0. The van der Waals surface area contributed by atoms with Crippen molar-refractivity contribution in [2.45, 2.75) is 83.3 Å². The van der Waals surface area contributed by atoms with Crippen molar-refractivity contribution in [3.8, 4) is 0 Å². The summed E-state index contributed by atoms with van der Waals surface area (Å²) in [4.78, 5) is 11.8. The molecule has 0 aromatic heterocycles. The molecular formula is C16H32N2O2. The summed E-state index contributed by atoms with van der Waals surface area (Å²) in [5, 5.41) is 3.29. The molecule has 0 aliphatic heterocycles. The number of ether oxygens (including phenoxy) is 1. The Balaban J connectivity index is 2.31. The summed E-state index contributed by atoms with van der Waals surface area (Å²) < 4.78 is 5.97. The van der Waals surface area contributed by atoms with Crippen LogP contribution < -0.4 is 11.1 Å². The molecule has 20 heavy (non-hydrogen) atoms. The van der Waals surface area contributed by atoms with Gasteiger partial charge in [0, 0.05) is 13.0 Å². The second kappa shape index (κ2) is 9.35. The van der Waals surface area contributed by atoms with E-state index < -0.39 is 5.54 Å². The van der Waals surface area contributed by atoms with Crippen molar-refractivity contribution in [3.63, 3.8) is 0 Å². The number of hydrogen-bond donors (Lipinski definition) is 2. The number of nitrogens with one attached hydrogen (secondary N) is 1. The highest BCUT2D eigenvalue weighted by atomic mass is 16.5. The van der Waals surface area contributed by atoms with Crippen molar-refractivity contribution in [1.82, 2.24) is 5.32 Å². The van der Waals surface area contributed by atoms with E-state index in [4.69, 9.17) is 10.5 Å². The van der Waals surface area contributed by atoms with Gasteiger partial charge in [0.15, 0.2) is 0 Å². The minimum Gasteiger partial charge on any atom is -0.378 e. The molecule has 1 aliphatic rings. The molecule has 0 aromatic carbocycles. The first-order chi connectivity index (χ1) is 9.64. The SMILES string of the molecule is CCCCCCCOC1CCCC(NCC)(C(N)=O)C1. The minimum absolute atomic E-state index is 0.182. The van der Waals surface area contributed by atoms with Crippen molar-refractivity contribution >= 4 is 5.91 Å². The third-order valence-electron chi connectivity index (χ3n) is 4.29. The Labute approximate surface area is 123 Å². The molecule has 118 valence electrons. The van der Waals surface area contributed by atoms with Crippen LogP contribution in [0, 0.1) is 0 Å². The number of likely N-dealkylation sites (N-methyl/N-ethyl adjacent to an activating group) is 1. The van der Waals surface area contributed by atoms with E-state index in [9.17, 15) is 4.79 Å². The van der Waals surface area contributed by atoms with Gasteiger partial charge in [-0.1, -0.05) is 39.5 Å². The fourth-order valence-electron chi connectivity index (χ4n) is 3.13. The van der Waals surface area contributed by atoms with Gasteiger partial charge in [0.2, 0.25) is 5.91 Å². The molecule has 0 heterocycles. The van der Waals surface area contributed by atoms with Gasteiger partial charge in [0.05, 0.1) is 6.10 Å². The number of amides is 1. The number of rotatable bonds is 10. The Hall–Kier alpha value is -0.610. The van der Waals surface area contributed by atoms with E-state index in [1.165, 1.54) is 25.7 Å². The second-order valence-electron chi connectivity index (χ2n) is 5.98. The van der Waals surface area contributed by atoms with Crippen molar-refractivity contribution in [2.24, 2.45) is 5.73 Å². The lowest BCUT2D eigenvalue weighted by Crippen LogP contribution is -2.58. The molecule has 0 bridgehead atoms. The van der Waals surface area contributed by atoms with E-state index in [-0.39, 0.29) is 12.0 Å². The molecule has 2 atom stereocenters. The molecule has 1 aliphatic carbocycles. The number of primary amides is 1. The van der Waals surface area contributed by atoms with Crippen LogP contribution in [0.1, 0.15) is 71.6 Å². The zero-order chi connectivity index (χ0) is 14.8. The maximum absolute atomic E-state index is 11.8. The monoisotopic (exact) mass is 284 g/mol. The van der Waals surface area contributed by atoms with E-state index in [2.05, 4.69) is 12.2 Å². The van der Waals surface area contributed by atoms with Gasteiger partial charge in [-0.2, -0.15) is 0 Å². The smallest absolute Gasteiger partial charge is 0.237 e. The average molecular weight is 284 g/mol. The van der Waals surface area contributed by atoms with Gasteiger partial charge in [-0.25, -0.2) is 0 Å². The molecule has 4 nitrogen and oxygen atoms in total. The van der Waals surface area contributed by atoms with Crippen molar-refractivity contribution in [3.05, 3.63) is 0 Å². The zero-order valence-electron chi connectivity index (χ0n) is 13.2. The maximum atomic E-state index is 11.8. The minimum atomic E-state index is -0.542. The Morgan fingerprint density at radius 1 is 1.30 bits per heavy atom. The van der Waals surface area contributed by atoms with Crippen LogP contribution in [0.2, 0.25) is 0 Å². The summed E-state index contributed by atoms with van der Waals surface area (Å²) >= 11 is 0. The van der Waals surface area contributed by atoms with E-state index in [1.807, 2.05) is 6.92 Å². The summed E-state index contributed by atoms with van der Waals surface area (Å²) in [6.45, 7) is 5.83. The van der Waals surface area contributed by atoms with E-state index in [0.29, 0.717) is 0 Å². The molecule has 2 unspecified atom stereocenters. The molecule has 3 N–H and O–H groups in total. The molecule has 1 rings (SSSR count). The number of hydrogen-bond acceptors (Lipinski definition) is 3. The lowest BCUT2D eigenvalue weighted by atomic mass is 9.79. The molecular weight excluding hydrogens is 252 g/mol. The van der Waals surface area contributed by atoms with Gasteiger partial charge >= 0.3 is 0 Å². The normalized spacial score (nSPS) is 26.6. The van der Waals surface area contributed by atoms with Crippen LogP contribution in [0.5, 0.6) is 0 Å². The topological polar surface area (TPSA) is 64.3 Å². The Morgan fingerprint density at radius 2 is 2.05 bits per heavy atom. The van der Waals surface area contributed by atoms with Crippen LogP contribution in [0.4, 0.5) is 0 Å². The van der Waals surface area contributed by atoms with Gasteiger partial charge in [-0.15, -0.1) is 0 Å². The van der Waals surface area contributed by atoms with Crippen LogP contribution in [0.15, 0.2) is 0 Å². The second-order valence-corrected chi connectivity index (χ2v) is 5.98. The Kier molecular flexibility index (Phi) is 8.15. The highest BCUT2D eigenvalue weighted by molar-refractivity contribution is 5.84. The average Bonchev–Trinajstić information content (AvgIpc) is 2.43. The highest BCUT2D eigenvalue weighted by Gasteiger charge is 2.40. The first-order valence-corrected chi connectivity index (χ1v) is 8.31. The van der Waals surface area contributed by atoms with Crippen LogP contribution in [0.25, 0.3) is 0 Å². The molecule has 1 saturated carbocycles. The first-order valence-electron chi connectivity index (χ1n) is 8.31. The molecule has 0 saturated heterocycles. The molecule has 4 heteroatoms. The fourth-order valence-corrected chi connectivity index (χ4v) is 3.13. The molecule has 1 fully saturated rings. The number of carbonyl (C=O) groups is 1. The van der Waals surface area contributed by atoms with Crippen LogP contribution in [0.3, 0.4) is 0 Å². The molecule has 0 aromatic rings. The van der Waals surface area contributed by atoms with Crippen molar-refractivity contribution < 1.29 is 9.53 Å². The third-order valence-corrected chi connectivity index (χ3v) is 4.29. The molecule has 0 spiro atoms. The van der Waals surface area contributed by atoms with Crippen LogP contribution >= 0.6 is 0 Å². The predicted octanol–water partition coefficient (Wildman–Crippen LogP) is 2.75. The largest absolute Gasteiger partial charge is 0.378 e. The molecule has 0 radical (unpaired) electrons. The standard InChI is InChI=1S/C16H32N2O2/c1-3-5-6-7-8-12-20-14-10-9-11-16(13-14,15(17)19)18-4-2/h14,18H,3-13H2,1-2H3,(H2,17,19).